The van der Waals surface area contributed by atoms with Crippen LogP contribution in [0.3, 0.4) is 0 Å². The second-order valence-electron chi connectivity index (χ2n) is 3.59. The van der Waals surface area contributed by atoms with Crippen LogP contribution in [0.2, 0.25) is 5.02 Å². The number of ether oxygens (including phenoxy) is 1. The topological polar surface area (TPSA) is 58.0 Å². The molecule has 0 saturated heterocycles. The summed E-state index contributed by atoms with van der Waals surface area (Å²) in [7, 11) is 1.61. The molecule has 1 rings (SSSR count). The molecule has 0 fully saturated rings. The van der Waals surface area contributed by atoms with Crippen LogP contribution in [-0.2, 0) is 6.54 Å². The van der Waals surface area contributed by atoms with E-state index in [-0.39, 0.29) is 6.54 Å². The molecular weight excluding hydrogens is 226 g/mol. The van der Waals surface area contributed by atoms with E-state index in [1.807, 2.05) is 20.8 Å². The van der Waals surface area contributed by atoms with Crippen molar-refractivity contribution in [2.45, 2.75) is 27.3 Å². The molecule has 0 amide bonds. The Morgan fingerprint density at radius 2 is 1.88 bits per heavy atom. The van der Waals surface area contributed by atoms with Gasteiger partial charge in [0.25, 0.3) is 0 Å². The molecule has 0 spiro atoms. The third-order valence-electron chi connectivity index (χ3n) is 2.78. The summed E-state index contributed by atoms with van der Waals surface area (Å²) in [5, 5.41) is 4.27. The summed E-state index contributed by atoms with van der Waals surface area (Å²) in [5.74, 6) is 0.756. The lowest BCUT2D eigenvalue weighted by Crippen LogP contribution is -2.00. The number of azide groups is 1. The van der Waals surface area contributed by atoms with Gasteiger partial charge in [-0.05, 0) is 43.0 Å². The van der Waals surface area contributed by atoms with Gasteiger partial charge in [-0.2, -0.15) is 0 Å². The first-order valence-electron chi connectivity index (χ1n) is 4.87. The Labute approximate surface area is 99.8 Å². The number of hydrogen-bond acceptors (Lipinski definition) is 2. The number of hydrogen-bond donors (Lipinski definition) is 0. The lowest BCUT2D eigenvalue weighted by Gasteiger charge is -2.17. The summed E-state index contributed by atoms with van der Waals surface area (Å²) in [6.45, 7) is 6.05. The van der Waals surface area contributed by atoms with Gasteiger partial charge in [0.05, 0.1) is 13.7 Å². The summed E-state index contributed by atoms with van der Waals surface area (Å²) in [6, 6.07) is 0. The number of rotatable bonds is 3. The highest BCUT2D eigenvalue weighted by atomic mass is 35.5. The van der Waals surface area contributed by atoms with Crippen LogP contribution < -0.4 is 4.74 Å². The quantitative estimate of drug-likeness (QED) is 0.445. The first-order valence-corrected chi connectivity index (χ1v) is 5.25. The minimum Gasteiger partial charge on any atom is -0.496 e. The van der Waals surface area contributed by atoms with Gasteiger partial charge in [-0.1, -0.05) is 16.7 Å². The highest BCUT2D eigenvalue weighted by Gasteiger charge is 2.15. The van der Waals surface area contributed by atoms with Crippen LogP contribution in [0.4, 0.5) is 0 Å². The van der Waals surface area contributed by atoms with Gasteiger partial charge in [-0.25, -0.2) is 0 Å². The van der Waals surface area contributed by atoms with Crippen molar-refractivity contribution in [3.63, 3.8) is 0 Å². The summed E-state index contributed by atoms with van der Waals surface area (Å²) in [4.78, 5) is 2.76. The van der Waals surface area contributed by atoms with Gasteiger partial charge in [0.15, 0.2) is 0 Å². The van der Waals surface area contributed by atoms with Crippen molar-refractivity contribution in [2.24, 2.45) is 5.11 Å². The van der Waals surface area contributed by atoms with Crippen LogP contribution in [-0.4, -0.2) is 7.11 Å². The predicted molar refractivity (Wildman–Crippen MR) is 65.1 cm³/mol. The Bertz CT molecular complexity index is 465. The zero-order valence-electron chi connectivity index (χ0n) is 9.83. The monoisotopic (exact) mass is 239 g/mol. The van der Waals surface area contributed by atoms with Crippen molar-refractivity contribution in [1.82, 2.24) is 0 Å². The molecule has 1 aromatic rings. The van der Waals surface area contributed by atoms with E-state index >= 15 is 0 Å². The van der Waals surface area contributed by atoms with Crippen LogP contribution in [0.25, 0.3) is 10.4 Å². The average molecular weight is 240 g/mol. The molecule has 0 radical (unpaired) electrons. The maximum Gasteiger partial charge on any atom is 0.125 e. The molecular formula is C11H14ClN3O. The number of methoxy groups -OCH3 is 1. The molecule has 1 aromatic carbocycles. The van der Waals surface area contributed by atoms with Gasteiger partial charge in [-0.15, -0.1) is 0 Å². The van der Waals surface area contributed by atoms with E-state index in [9.17, 15) is 0 Å². The summed E-state index contributed by atoms with van der Waals surface area (Å²) >= 11 is 6.21. The molecule has 0 aliphatic carbocycles. The van der Waals surface area contributed by atoms with Gasteiger partial charge in [-0.3, -0.25) is 0 Å². The number of nitrogens with zero attached hydrogens (tertiary/aromatic N) is 3. The molecule has 0 aromatic heterocycles. The third-order valence-corrected chi connectivity index (χ3v) is 3.35. The molecule has 0 atom stereocenters. The third kappa shape index (κ3) is 2.08. The Morgan fingerprint density at radius 1 is 1.25 bits per heavy atom. The molecule has 5 heteroatoms. The van der Waals surface area contributed by atoms with Gasteiger partial charge < -0.3 is 4.74 Å². The summed E-state index contributed by atoms with van der Waals surface area (Å²) in [5.41, 5.74) is 12.1. The van der Waals surface area contributed by atoms with E-state index in [2.05, 4.69) is 10.0 Å². The summed E-state index contributed by atoms with van der Waals surface area (Å²) < 4.78 is 5.35. The first-order chi connectivity index (χ1) is 7.54. The molecule has 4 nitrogen and oxygen atoms in total. The summed E-state index contributed by atoms with van der Waals surface area (Å²) in [6.07, 6.45) is 0. The minimum atomic E-state index is 0.256. The number of halogens is 1. The normalized spacial score (nSPS) is 9.81. The largest absolute Gasteiger partial charge is 0.496 e. The standard InChI is InChI=1S/C11H14ClN3O/c1-6-7(2)11(16-4)9(5-14-15-13)8(3)10(6)12/h5H2,1-4H3. The van der Waals surface area contributed by atoms with E-state index in [1.165, 1.54) is 0 Å². The van der Waals surface area contributed by atoms with Crippen molar-refractivity contribution in [1.29, 1.82) is 0 Å². The van der Waals surface area contributed by atoms with Crippen molar-refractivity contribution >= 4 is 11.6 Å². The maximum atomic E-state index is 8.36. The molecule has 86 valence electrons. The fraction of sp³-hybridized carbons (Fsp3) is 0.455. The fourth-order valence-electron chi connectivity index (χ4n) is 1.71. The van der Waals surface area contributed by atoms with Crippen LogP contribution in [0.1, 0.15) is 22.3 Å². The van der Waals surface area contributed by atoms with Crippen molar-refractivity contribution in [2.75, 3.05) is 7.11 Å². The highest BCUT2D eigenvalue weighted by molar-refractivity contribution is 6.32. The van der Waals surface area contributed by atoms with Crippen LogP contribution in [0.15, 0.2) is 5.11 Å². The smallest absolute Gasteiger partial charge is 0.125 e. The molecule has 0 unspecified atom stereocenters. The van der Waals surface area contributed by atoms with E-state index in [4.69, 9.17) is 21.9 Å². The first kappa shape index (κ1) is 12.7. The molecule has 0 bridgehead atoms. The van der Waals surface area contributed by atoms with E-state index < -0.39 is 0 Å². The second kappa shape index (κ2) is 5.10. The maximum absolute atomic E-state index is 8.36. The highest BCUT2D eigenvalue weighted by Crippen LogP contribution is 2.36. The van der Waals surface area contributed by atoms with Crippen molar-refractivity contribution in [3.8, 4) is 5.75 Å². The SMILES string of the molecule is COc1c(C)c(C)c(Cl)c(C)c1CN=[N+]=[N-]. The van der Waals surface area contributed by atoms with Crippen molar-refractivity contribution < 1.29 is 4.74 Å². The molecule has 0 heterocycles. The van der Waals surface area contributed by atoms with E-state index in [0.717, 1.165) is 28.0 Å². The Morgan fingerprint density at radius 3 is 2.38 bits per heavy atom. The molecule has 0 aliphatic rings. The van der Waals surface area contributed by atoms with Gasteiger partial charge >= 0.3 is 0 Å². The lowest BCUT2D eigenvalue weighted by atomic mass is 9.99. The average Bonchev–Trinajstić information content (AvgIpc) is 2.29. The Kier molecular flexibility index (Phi) is 4.05. The predicted octanol–water partition coefficient (Wildman–Crippen LogP) is 4.08. The van der Waals surface area contributed by atoms with Gasteiger partial charge in [0.1, 0.15) is 5.75 Å². The molecule has 0 saturated carbocycles. The van der Waals surface area contributed by atoms with E-state index in [1.54, 1.807) is 7.11 Å². The lowest BCUT2D eigenvalue weighted by molar-refractivity contribution is 0.406. The zero-order chi connectivity index (χ0) is 12.3. The molecule has 16 heavy (non-hydrogen) atoms. The van der Waals surface area contributed by atoms with E-state index in [0.29, 0.717) is 5.02 Å². The number of benzene rings is 1. The molecule has 0 aliphatic heterocycles. The fourth-order valence-corrected chi connectivity index (χ4v) is 1.97. The zero-order valence-corrected chi connectivity index (χ0v) is 10.6. The van der Waals surface area contributed by atoms with Crippen LogP contribution in [0.5, 0.6) is 5.75 Å². The van der Waals surface area contributed by atoms with Crippen molar-refractivity contribution in [3.05, 3.63) is 37.7 Å². The van der Waals surface area contributed by atoms with Crippen LogP contribution in [0, 0.1) is 20.8 Å². The second-order valence-corrected chi connectivity index (χ2v) is 3.97. The van der Waals surface area contributed by atoms with Gasteiger partial charge in [0, 0.05) is 15.5 Å². The van der Waals surface area contributed by atoms with Gasteiger partial charge in [0.2, 0.25) is 0 Å². The minimum absolute atomic E-state index is 0.256. The molecule has 0 N–H and O–H groups in total. The van der Waals surface area contributed by atoms with Crippen LogP contribution >= 0.6 is 11.6 Å². The Balaban J connectivity index is 3.50. The Hall–Kier alpha value is -1.38.